The van der Waals surface area contributed by atoms with E-state index < -0.39 is 27.1 Å². The highest BCUT2D eigenvalue weighted by Crippen LogP contribution is 2.23. The van der Waals surface area contributed by atoms with Crippen molar-refractivity contribution in [1.29, 1.82) is 0 Å². The van der Waals surface area contributed by atoms with Crippen LogP contribution in [0.4, 0.5) is 17.1 Å². The van der Waals surface area contributed by atoms with E-state index >= 15 is 0 Å². The number of rotatable bonds is 8. The van der Waals surface area contributed by atoms with Crippen LogP contribution in [0, 0.1) is 20.2 Å². The summed E-state index contributed by atoms with van der Waals surface area (Å²) in [6, 6.07) is 9.59. The molecule has 11 heteroatoms. The number of nitro benzene ring substituents is 2. The summed E-state index contributed by atoms with van der Waals surface area (Å²) in [7, 11) is 0. The first-order valence-corrected chi connectivity index (χ1v) is 9.00. The van der Waals surface area contributed by atoms with E-state index in [1.54, 1.807) is 24.3 Å². The summed E-state index contributed by atoms with van der Waals surface area (Å²) in [5.41, 5.74) is -0.832. The molecular formula is C18H18N4O6S. The van der Waals surface area contributed by atoms with Gasteiger partial charge in [-0.05, 0) is 30.8 Å². The van der Waals surface area contributed by atoms with Crippen molar-refractivity contribution in [2.24, 2.45) is 0 Å². The summed E-state index contributed by atoms with van der Waals surface area (Å²) in [5.74, 6) is -0.184. The molecule has 2 rings (SSSR count). The van der Waals surface area contributed by atoms with Crippen LogP contribution in [-0.4, -0.2) is 27.5 Å². The van der Waals surface area contributed by atoms with Crippen LogP contribution in [-0.2, 0) is 0 Å². The number of nitrogens with one attached hydrogen (secondary N) is 2. The van der Waals surface area contributed by atoms with Gasteiger partial charge in [0, 0.05) is 23.9 Å². The Bertz CT molecular complexity index is 917. The van der Waals surface area contributed by atoms with Crippen LogP contribution in [0.25, 0.3) is 0 Å². The molecule has 0 aliphatic heterocycles. The van der Waals surface area contributed by atoms with E-state index in [9.17, 15) is 25.0 Å². The molecule has 0 aromatic heterocycles. The predicted molar refractivity (Wildman–Crippen MR) is 110 cm³/mol. The van der Waals surface area contributed by atoms with Crippen LogP contribution >= 0.6 is 12.2 Å². The topological polar surface area (TPSA) is 137 Å². The van der Waals surface area contributed by atoms with Crippen LogP contribution in [0.1, 0.15) is 30.1 Å². The molecule has 0 aliphatic rings. The molecule has 0 radical (unpaired) electrons. The largest absolute Gasteiger partial charge is 0.494 e. The molecule has 0 heterocycles. The molecular weight excluding hydrogens is 400 g/mol. The van der Waals surface area contributed by atoms with Crippen molar-refractivity contribution in [2.75, 3.05) is 11.9 Å². The molecule has 2 aromatic carbocycles. The van der Waals surface area contributed by atoms with Crippen molar-refractivity contribution in [2.45, 2.75) is 19.8 Å². The third kappa shape index (κ3) is 6.50. The fourth-order valence-corrected chi connectivity index (χ4v) is 2.48. The van der Waals surface area contributed by atoms with E-state index in [1.165, 1.54) is 0 Å². The lowest BCUT2D eigenvalue weighted by atomic mass is 10.1. The van der Waals surface area contributed by atoms with Crippen LogP contribution in [0.15, 0.2) is 42.5 Å². The average Bonchev–Trinajstić information content (AvgIpc) is 2.68. The SMILES string of the molecule is CCCCOc1cccc(NC(=S)NC(=O)c2cc([N+](=O)[O-])cc([N+](=O)[O-])c2)c1. The second-order valence-electron chi connectivity index (χ2n) is 5.89. The van der Waals surface area contributed by atoms with Crippen LogP contribution in [0.3, 0.4) is 0 Å². The zero-order valence-corrected chi connectivity index (χ0v) is 16.2. The number of carbonyl (C=O) groups excluding carboxylic acids is 1. The Kier molecular flexibility index (Phi) is 7.54. The maximum Gasteiger partial charge on any atom is 0.277 e. The Morgan fingerprint density at radius 2 is 1.76 bits per heavy atom. The van der Waals surface area contributed by atoms with Crippen molar-refractivity contribution in [3.8, 4) is 5.75 Å². The highest BCUT2D eigenvalue weighted by atomic mass is 32.1. The minimum atomic E-state index is -0.815. The molecule has 0 bridgehead atoms. The Morgan fingerprint density at radius 3 is 2.34 bits per heavy atom. The van der Waals surface area contributed by atoms with Crippen molar-refractivity contribution in [1.82, 2.24) is 5.32 Å². The highest BCUT2D eigenvalue weighted by Gasteiger charge is 2.20. The molecule has 2 aromatic rings. The Morgan fingerprint density at radius 1 is 1.10 bits per heavy atom. The summed E-state index contributed by atoms with van der Waals surface area (Å²) in [6.45, 7) is 2.63. The Balaban J connectivity index is 2.07. The number of hydrogen-bond donors (Lipinski definition) is 2. The van der Waals surface area contributed by atoms with Gasteiger partial charge in [-0.2, -0.15) is 0 Å². The summed E-state index contributed by atoms with van der Waals surface area (Å²) in [6.07, 6.45) is 1.92. The molecule has 152 valence electrons. The molecule has 0 fully saturated rings. The molecule has 10 nitrogen and oxygen atoms in total. The fraction of sp³-hybridized carbons (Fsp3) is 0.222. The molecule has 29 heavy (non-hydrogen) atoms. The number of nitrogens with zero attached hydrogens (tertiary/aromatic N) is 2. The van der Waals surface area contributed by atoms with Gasteiger partial charge in [-0.3, -0.25) is 30.3 Å². The smallest absolute Gasteiger partial charge is 0.277 e. The molecule has 0 atom stereocenters. The van der Waals surface area contributed by atoms with E-state index in [-0.39, 0.29) is 10.7 Å². The third-order valence-electron chi connectivity index (χ3n) is 3.67. The van der Waals surface area contributed by atoms with Gasteiger partial charge in [0.05, 0.1) is 28.1 Å². The first-order valence-electron chi connectivity index (χ1n) is 8.59. The second kappa shape index (κ2) is 10.1. The second-order valence-corrected chi connectivity index (χ2v) is 6.30. The number of nitro groups is 2. The number of benzene rings is 2. The lowest BCUT2D eigenvalue weighted by Crippen LogP contribution is -2.34. The Hall–Kier alpha value is -3.60. The molecule has 0 unspecified atom stereocenters. The van der Waals surface area contributed by atoms with Gasteiger partial charge >= 0.3 is 0 Å². The monoisotopic (exact) mass is 418 g/mol. The quantitative estimate of drug-likeness (QED) is 0.286. The maximum atomic E-state index is 12.3. The minimum absolute atomic E-state index is 0.0742. The average molecular weight is 418 g/mol. The van der Waals surface area contributed by atoms with E-state index in [4.69, 9.17) is 17.0 Å². The number of non-ortho nitro benzene ring substituents is 2. The van der Waals surface area contributed by atoms with Crippen LogP contribution in [0.5, 0.6) is 5.75 Å². The van der Waals surface area contributed by atoms with Gasteiger partial charge in [0.25, 0.3) is 17.3 Å². The van der Waals surface area contributed by atoms with Gasteiger partial charge in [-0.15, -0.1) is 0 Å². The first kappa shape index (κ1) is 21.7. The van der Waals surface area contributed by atoms with Gasteiger partial charge in [-0.25, -0.2) is 0 Å². The molecule has 1 amide bonds. The number of amides is 1. The standard InChI is InChI=1S/C18H18N4O6S/c1-2-3-7-28-16-6-4-5-13(10-16)19-18(29)20-17(23)12-8-14(21(24)25)11-15(9-12)22(26)27/h4-6,8-11H,2-3,7H2,1H3,(H2,19,20,23,29). The van der Waals surface area contributed by atoms with E-state index in [2.05, 4.69) is 17.6 Å². The van der Waals surface area contributed by atoms with E-state index in [0.717, 1.165) is 31.0 Å². The van der Waals surface area contributed by atoms with Gasteiger partial charge < -0.3 is 10.1 Å². The molecule has 2 N–H and O–H groups in total. The molecule has 0 aliphatic carbocycles. The predicted octanol–water partition coefficient (Wildman–Crippen LogP) is 3.81. The molecule has 0 saturated carbocycles. The van der Waals surface area contributed by atoms with Crippen LogP contribution < -0.4 is 15.4 Å². The highest BCUT2D eigenvalue weighted by molar-refractivity contribution is 7.80. The number of ether oxygens (including phenoxy) is 1. The Labute approximate surface area is 171 Å². The normalized spacial score (nSPS) is 10.1. The van der Waals surface area contributed by atoms with Crippen molar-refractivity contribution in [3.05, 3.63) is 68.3 Å². The van der Waals surface area contributed by atoms with Gasteiger partial charge in [0.1, 0.15) is 5.75 Å². The molecule has 0 spiro atoms. The first-order chi connectivity index (χ1) is 13.8. The number of hydrogen-bond acceptors (Lipinski definition) is 7. The lowest BCUT2D eigenvalue weighted by Gasteiger charge is -2.11. The third-order valence-corrected chi connectivity index (χ3v) is 3.88. The van der Waals surface area contributed by atoms with Gasteiger partial charge in [0.15, 0.2) is 5.11 Å². The summed E-state index contributed by atoms with van der Waals surface area (Å²) >= 11 is 5.08. The summed E-state index contributed by atoms with van der Waals surface area (Å²) in [5, 5.41) is 27.0. The van der Waals surface area contributed by atoms with Gasteiger partial charge in [-0.1, -0.05) is 19.4 Å². The van der Waals surface area contributed by atoms with Crippen LogP contribution in [0.2, 0.25) is 0 Å². The van der Waals surface area contributed by atoms with Gasteiger partial charge in [0.2, 0.25) is 0 Å². The number of carbonyl (C=O) groups is 1. The lowest BCUT2D eigenvalue weighted by molar-refractivity contribution is -0.394. The number of thiocarbonyl (C=S) groups is 1. The summed E-state index contributed by atoms with van der Waals surface area (Å²) < 4.78 is 5.59. The van der Waals surface area contributed by atoms with Crippen molar-refractivity contribution >= 4 is 40.3 Å². The summed E-state index contributed by atoms with van der Waals surface area (Å²) in [4.78, 5) is 32.6. The van der Waals surface area contributed by atoms with E-state index in [1.807, 2.05) is 0 Å². The molecule has 0 saturated heterocycles. The minimum Gasteiger partial charge on any atom is -0.494 e. The number of unbranched alkanes of at least 4 members (excludes halogenated alkanes) is 1. The zero-order chi connectivity index (χ0) is 21.4. The fourth-order valence-electron chi connectivity index (χ4n) is 2.27. The van der Waals surface area contributed by atoms with Crippen molar-refractivity contribution in [3.63, 3.8) is 0 Å². The number of anilines is 1. The maximum absolute atomic E-state index is 12.3. The zero-order valence-electron chi connectivity index (χ0n) is 15.4. The van der Waals surface area contributed by atoms with E-state index in [0.29, 0.717) is 18.0 Å². The van der Waals surface area contributed by atoms with Crippen molar-refractivity contribution < 1.29 is 19.4 Å².